The summed E-state index contributed by atoms with van der Waals surface area (Å²) in [5, 5.41) is 12.4. The van der Waals surface area contributed by atoms with Gasteiger partial charge >= 0.3 is 0 Å². The monoisotopic (exact) mass is 415 g/mol. The molecule has 158 valence electrons. The number of thioether (sulfide) groups is 1. The van der Waals surface area contributed by atoms with E-state index < -0.39 is 0 Å². The van der Waals surface area contributed by atoms with Crippen LogP contribution in [0.3, 0.4) is 0 Å². The average Bonchev–Trinajstić information content (AvgIpc) is 3.09. The fourth-order valence-corrected chi connectivity index (χ4v) is 4.97. The first kappa shape index (κ1) is 21.7. The number of nitrogens with one attached hydrogen (secondary N) is 1. The van der Waals surface area contributed by atoms with E-state index in [0.29, 0.717) is 17.8 Å². The summed E-state index contributed by atoms with van der Waals surface area (Å²) in [5.41, 5.74) is 2.00. The number of carbonyl (C=O) groups excluding carboxylic acids is 1. The Labute approximate surface area is 178 Å². The van der Waals surface area contributed by atoms with Crippen molar-refractivity contribution < 1.29 is 4.79 Å². The van der Waals surface area contributed by atoms with E-state index in [2.05, 4.69) is 57.9 Å². The van der Waals surface area contributed by atoms with Gasteiger partial charge in [-0.25, -0.2) is 0 Å². The first-order valence-corrected chi connectivity index (χ1v) is 11.7. The first-order chi connectivity index (χ1) is 14.0. The summed E-state index contributed by atoms with van der Waals surface area (Å²) in [6, 6.07) is 8.99. The van der Waals surface area contributed by atoms with E-state index in [4.69, 9.17) is 0 Å². The summed E-state index contributed by atoms with van der Waals surface area (Å²) >= 11 is 1.47. The highest BCUT2D eigenvalue weighted by Crippen LogP contribution is 2.32. The molecule has 0 bridgehead atoms. The number of carbonyl (C=O) groups is 1. The number of nitrogens with zero attached hydrogens (tertiary/aromatic N) is 4. The number of aryl methyl sites for hydroxylation is 1. The lowest BCUT2D eigenvalue weighted by Gasteiger charge is -2.27. The van der Waals surface area contributed by atoms with Crippen LogP contribution in [0.1, 0.15) is 64.7 Å². The maximum atomic E-state index is 12.5. The first-order valence-electron chi connectivity index (χ1n) is 10.7. The molecule has 0 saturated heterocycles. The molecule has 1 heterocycles. The van der Waals surface area contributed by atoms with Crippen molar-refractivity contribution >= 4 is 29.0 Å². The summed E-state index contributed by atoms with van der Waals surface area (Å²) < 4.78 is 2.23. The predicted molar refractivity (Wildman–Crippen MR) is 121 cm³/mol. The molecule has 0 spiro atoms. The standard InChI is InChI=1S/C22H33N5OS/c1-5-26(16(2)3)19-13-11-18(12-14-19)23-21(28)15-29-22-25-24-17(4)27(22)20-9-7-6-8-10-20/h11-14,16,20H,5-10,15H2,1-4H3,(H,23,28). The molecular formula is C22H33N5OS. The van der Waals surface area contributed by atoms with Gasteiger partial charge in [0.05, 0.1) is 5.75 Å². The zero-order valence-corrected chi connectivity index (χ0v) is 18.8. The van der Waals surface area contributed by atoms with E-state index in [-0.39, 0.29) is 5.91 Å². The number of anilines is 2. The number of rotatable bonds is 8. The van der Waals surface area contributed by atoms with Crippen LogP contribution in [0.5, 0.6) is 0 Å². The molecule has 1 fully saturated rings. The minimum absolute atomic E-state index is 0.0187. The van der Waals surface area contributed by atoms with E-state index >= 15 is 0 Å². The molecule has 7 heteroatoms. The quantitative estimate of drug-likeness (QED) is 0.611. The molecule has 1 N–H and O–H groups in total. The van der Waals surface area contributed by atoms with Crippen molar-refractivity contribution in [2.75, 3.05) is 22.5 Å². The highest BCUT2D eigenvalue weighted by molar-refractivity contribution is 7.99. The van der Waals surface area contributed by atoms with Gasteiger partial charge in [-0.15, -0.1) is 10.2 Å². The van der Waals surface area contributed by atoms with Gasteiger partial charge in [-0.1, -0.05) is 31.0 Å². The molecule has 1 saturated carbocycles. The SMILES string of the molecule is CCN(c1ccc(NC(=O)CSc2nnc(C)n2C2CCCCC2)cc1)C(C)C. The van der Waals surface area contributed by atoms with Crippen LogP contribution in [0, 0.1) is 6.92 Å². The van der Waals surface area contributed by atoms with Crippen LogP contribution in [-0.2, 0) is 4.79 Å². The highest BCUT2D eigenvalue weighted by atomic mass is 32.2. The molecule has 1 amide bonds. The Morgan fingerprint density at radius 2 is 1.90 bits per heavy atom. The lowest BCUT2D eigenvalue weighted by atomic mass is 9.95. The molecule has 1 aromatic heterocycles. The molecule has 0 radical (unpaired) electrons. The van der Waals surface area contributed by atoms with Crippen LogP contribution in [0.15, 0.2) is 29.4 Å². The third-order valence-corrected chi connectivity index (χ3v) is 6.50. The molecule has 29 heavy (non-hydrogen) atoms. The molecule has 0 unspecified atom stereocenters. The third kappa shape index (κ3) is 5.53. The van der Waals surface area contributed by atoms with Crippen LogP contribution in [0.2, 0.25) is 0 Å². The van der Waals surface area contributed by atoms with E-state index in [9.17, 15) is 4.79 Å². The van der Waals surface area contributed by atoms with Crippen LogP contribution in [0.4, 0.5) is 11.4 Å². The summed E-state index contributed by atoms with van der Waals surface area (Å²) in [4.78, 5) is 14.8. The molecule has 3 rings (SSSR count). The largest absolute Gasteiger partial charge is 0.369 e. The molecule has 1 aromatic carbocycles. The summed E-state index contributed by atoms with van der Waals surface area (Å²) in [6.45, 7) is 9.49. The van der Waals surface area contributed by atoms with E-state index in [1.54, 1.807) is 0 Å². The van der Waals surface area contributed by atoms with Gasteiger partial charge in [0.15, 0.2) is 5.16 Å². The Morgan fingerprint density at radius 3 is 2.52 bits per heavy atom. The minimum atomic E-state index is -0.0187. The highest BCUT2D eigenvalue weighted by Gasteiger charge is 2.21. The number of hydrogen-bond acceptors (Lipinski definition) is 5. The minimum Gasteiger partial charge on any atom is -0.369 e. The van der Waals surface area contributed by atoms with Gasteiger partial charge in [-0.05, 0) is 64.8 Å². The lowest BCUT2D eigenvalue weighted by molar-refractivity contribution is -0.113. The van der Waals surface area contributed by atoms with Gasteiger partial charge in [-0.2, -0.15) is 0 Å². The number of aromatic nitrogens is 3. The van der Waals surface area contributed by atoms with E-state index in [1.165, 1.54) is 49.6 Å². The van der Waals surface area contributed by atoms with Crippen molar-refractivity contribution in [1.82, 2.24) is 14.8 Å². The molecule has 0 aliphatic heterocycles. The summed E-state index contributed by atoms with van der Waals surface area (Å²) in [5.74, 6) is 1.26. The second-order valence-electron chi connectivity index (χ2n) is 7.96. The van der Waals surface area contributed by atoms with Crippen molar-refractivity contribution in [2.45, 2.75) is 77.0 Å². The van der Waals surface area contributed by atoms with Crippen molar-refractivity contribution in [3.63, 3.8) is 0 Å². The second-order valence-corrected chi connectivity index (χ2v) is 8.90. The Kier molecular flexibility index (Phi) is 7.58. The van der Waals surface area contributed by atoms with Gasteiger partial charge in [0.25, 0.3) is 0 Å². The smallest absolute Gasteiger partial charge is 0.234 e. The van der Waals surface area contributed by atoms with Gasteiger partial charge in [-0.3, -0.25) is 4.79 Å². The average molecular weight is 416 g/mol. The van der Waals surface area contributed by atoms with Crippen molar-refractivity contribution in [1.29, 1.82) is 0 Å². The normalized spacial score (nSPS) is 14.9. The molecular weight excluding hydrogens is 382 g/mol. The maximum Gasteiger partial charge on any atom is 0.234 e. The number of amides is 1. The second kappa shape index (κ2) is 10.1. The molecule has 1 aliphatic carbocycles. The molecule has 2 aromatic rings. The van der Waals surface area contributed by atoms with Gasteiger partial charge in [0, 0.05) is 30.0 Å². The van der Waals surface area contributed by atoms with Crippen molar-refractivity contribution in [3.8, 4) is 0 Å². The molecule has 1 aliphatic rings. The fourth-order valence-electron chi connectivity index (χ4n) is 4.12. The van der Waals surface area contributed by atoms with Gasteiger partial charge in [0.1, 0.15) is 5.82 Å². The van der Waals surface area contributed by atoms with E-state index in [1.807, 2.05) is 19.1 Å². The van der Waals surface area contributed by atoms with E-state index in [0.717, 1.165) is 23.2 Å². The number of benzene rings is 1. The van der Waals surface area contributed by atoms with Crippen LogP contribution < -0.4 is 10.2 Å². The Morgan fingerprint density at radius 1 is 1.21 bits per heavy atom. The maximum absolute atomic E-state index is 12.5. The van der Waals surface area contributed by atoms with Gasteiger partial charge < -0.3 is 14.8 Å². The zero-order chi connectivity index (χ0) is 20.8. The summed E-state index contributed by atoms with van der Waals surface area (Å²) in [6.07, 6.45) is 6.19. The molecule has 6 nitrogen and oxygen atoms in total. The van der Waals surface area contributed by atoms with Crippen LogP contribution in [-0.4, -0.2) is 39.0 Å². The Balaban J connectivity index is 1.57. The van der Waals surface area contributed by atoms with Crippen LogP contribution in [0.25, 0.3) is 0 Å². The Hall–Kier alpha value is -2.02. The fraction of sp³-hybridized carbons (Fsp3) is 0.591. The molecule has 0 atom stereocenters. The predicted octanol–water partition coefficient (Wildman–Crippen LogP) is 5.06. The third-order valence-electron chi connectivity index (χ3n) is 5.55. The van der Waals surface area contributed by atoms with Crippen LogP contribution >= 0.6 is 11.8 Å². The zero-order valence-electron chi connectivity index (χ0n) is 18.0. The van der Waals surface area contributed by atoms with Crippen molar-refractivity contribution in [3.05, 3.63) is 30.1 Å². The number of hydrogen-bond donors (Lipinski definition) is 1. The van der Waals surface area contributed by atoms with Crippen molar-refractivity contribution in [2.24, 2.45) is 0 Å². The lowest BCUT2D eigenvalue weighted by Crippen LogP contribution is -2.30. The Bertz CT molecular complexity index is 796. The topological polar surface area (TPSA) is 63.1 Å². The summed E-state index contributed by atoms with van der Waals surface area (Å²) in [7, 11) is 0. The van der Waals surface area contributed by atoms with Gasteiger partial charge in [0.2, 0.25) is 5.91 Å².